The van der Waals surface area contributed by atoms with Crippen molar-refractivity contribution >= 4 is 47.8 Å². The number of hydrogen-bond donors (Lipinski definition) is 4. The lowest BCUT2D eigenvalue weighted by Crippen LogP contribution is -2.38. The molecule has 2 saturated heterocycles. The highest BCUT2D eigenvalue weighted by molar-refractivity contribution is 5.97. The van der Waals surface area contributed by atoms with E-state index in [4.69, 9.17) is 9.47 Å². The molecular formula is C53H58O14. The number of carboxylic acids is 4. The number of esters is 4. The Hall–Kier alpha value is -6.96. The molecule has 2 aliphatic rings. The molecule has 12 unspecified atom stereocenters. The van der Waals surface area contributed by atoms with E-state index in [1.165, 1.54) is 6.92 Å². The van der Waals surface area contributed by atoms with Gasteiger partial charge in [0.05, 0.1) is 47.3 Å². The van der Waals surface area contributed by atoms with Crippen LogP contribution in [-0.2, 0) is 47.8 Å². The highest BCUT2D eigenvalue weighted by Gasteiger charge is 2.48. The van der Waals surface area contributed by atoms with E-state index in [1.54, 1.807) is 37.3 Å². The van der Waals surface area contributed by atoms with Crippen LogP contribution in [0.15, 0.2) is 121 Å². The largest absolute Gasteiger partial charge is 0.481 e. The van der Waals surface area contributed by atoms with Crippen molar-refractivity contribution in [1.82, 2.24) is 0 Å². The Bertz CT molecular complexity index is 2350. The van der Waals surface area contributed by atoms with Gasteiger partial charge in [0.2, 0.25) is 0 Å². The average Bonchev–Trinajstić information content (AvgIpc) is 3.72. The second-order valence-electron chi connectivity index (χ2n) is 17.9. The Morgan fingerprint density at radius 3 is 1.30 bits per heavy atom. The third kappa shape index (κ3) is 13.1. The van der Waals surface area contributed by atoms with Crippen LogP contribution < -0.4 is 0 Å². The van der Waals surface area contributed by atoms with Gasteiger partial charge < -0.3 is 29.9 Å². The second kappa shape index (κ2) is 23.5. The Kier molecular flexibility index (Phi) is 17.9. The van der Waals surface area contributed by atoms with Gasteiger partial charge in [-0.1, -0.05) is 149 Å². The fraction of sp³-hybridized carbons (Fsp3) is 0.396. The zero-order valence-corrected chi connectivity index (χ0v) is 37.9. The first-order valence-corrected chi connectivity index (χ1v) is 22.5. The molecule has 12 atom stereocenters. The van der Waals surface area contributed by atoms with Crippen LogP contribution in [0.25, 0.3) is 0 Å². The summed E-state index contributed by atoms with van der Waals surface area (Å²) in [5.74, 6) is -16.5. The number of aliphatic carboxylic acids is 4. The predicted octanol–water partition coefficient (Wildman–Crippen LogP) is 8.57. The fourth-order valence-electron chi connectivity index (χ4n) is 9.52. The molecule has 2 aliphatic heterocycles. The minimum atomic E-state index is -1.46. The normalized spacial score (nSPS) is 21.5. The summed E-state index contributed by atoms with van der Waals surface area (Å²) in [4.78, 5) is 97.8. The molecule has 4 N–H and O–H groups in total. The topological polar surface area (TPSA) is 236 Å². The van der Waals surface area contributed by atoms with Crippen molar-refractivity contribution in [2.24, 2.45) is 47.3 Å². The molecule has 2 heterocycles. The Labute approximate surface area is 389 Å². The maximum Gasteiger partial charge on any atom is 0.317 e. The van der Waals surface area contributed by atoms with Crippen LogP contribution in [-0.4, -0.2) is 68.2 Å². The van der Waals surface area contributed by atoms with E-state index in [0.29, 0.717) is 24.8 Å². The van der Waals surface area contributed by atoms with E-state index in [-0.39, 0.29) is 30.6 Å². The molecule has 0 aromatic heterocycles. The highest BCUT2D eigenvalue weighted by atomic mass is 16.6. The van der Waals surface area contributed by atoms with Crippen molar-refractivity contribution in [3.63, 3.8) is 0 Å². The molecule has 67 heavy (non-hydrogen) atoms. The van der Waals surface area contributed by atoms with Crippen molar-refractivity contribution in [3.05, 3.63) is 144 Å². The molecule has 14 nitrogen and oxygen atoms in total. The Morgan fingerprint density at radius 1 is 0.463 bits per heavy atom. The molecule has 0 radical (unpaired) electrons. The number of rotatable bonds is 21. The van der Waals surface area contributed by atoms with Gasteiger partial charge >= 0.3 is 47.8 Å². The first kappa shape index (κ1) is 51.0. The third-order valence-electron chi connectivity index (χ3n) is 13.6. The van der Waals surface area contributed by atoms with Gasteiger partial charge in [0.1, 0.15) is 0 Å². The highest BCUT2D eigenvalue weighted by Crippen LogP contribution is 2.44. The fourth-order valence-corrected chi connectivity index (χ4v) is 9.52. The summed E-state index contributed by atoms with van der Waals surface area (Å²) in [6.45, 7) is 6.80. The van der Waals surface area contributed by atoms with Crippen LogP contribution in [0.5, 0.6) is 0 Å². The van der Waals surface area contributed by atoms with Crippen molar-refractivity contribution < 1.29 is 68.3 Å². The molecule has 0 bridgehead atoms. The van der Waals surface area contributed by atoms with Gasteiger partial charge in [-0.2, -0.15) is 0 Å². The van der Waals surface area contributed by atoms with Gasteiger partial charge in [-0.25, -0.2) is 0 Å². The number of cyclic esters (lactones) is 4. The number of benzene rings is 4. The van der Waals surface area contributed by atoms with E-state index >= 15 is 0 Å². The standard InChI is InChI=1S/C27H28O6.C26H30O8/c1-16(18-9-5-3-6-10-18)13-22-23(27(31)33-26(22)30)15-20(19-11-7-4-8-12-19)14-21-17(2)24(28)32-25(21)29;1-15(17-9-5-3-6-10-17)13-21(25(31)32)22(26(33)34)20(18-11-7-4-8-12-18)14-19(24(29)30)16(2)23(27)28/h3-12,16-17,20-23H,13-15H2,1-2H3;3-12,15-16,19-22H,13-14H2,1-2H3,(H,27,28)(H,29,30)(H,31,32)(H,33,34). The zero-order chi connectivity index (χ0) is 48.9. The SMILES string of the molecule is CC(CC(C(=O)O)C(C(=O)O)C(CC(C(=O)O)C(C)C(=O)O)c1ccccc1)c1ccccc1.CC(CC1C(=O)OC(=O)C1CC(CC1C(=O)OC(=O)C1C)c1ccccc1)c1ccccc1. The summed E-state index contributed by atoms with van der Waals surface area (Å²) in [6.07, 6.45) is 0.931. The molecule has 2 fully saturated rings. The number of carbonyl (C=O) groups is 8. The molecule has 14 heteroatoms. The van der Waals surface area contributed by atoms with Gasteiger partial charge in [-0.3, -0.25) is 38.4 Å². The minimum Gasteiger partial charge on any atom is -0.481 e. The maximum absolute atomic E-state index is 12.7. The molecule has 354 valence electrons. The predicted molar refractivity (Wildman–Crippen MR) is 243 cm³/mol. The van der Waals surface area contributed by atoms with Crippen LogP contribution in [0.4, 0.5) is 0 Å². The number of ether oxygens (including phenoxy) is 2. The summed E-state index contributed by atoms with van der Waals surface area (Å²) in [7, 11) is 0. The maximum atomic E-state index is 12.7. The average molecular weight is 919 g/mol. The first-order valence-electron chi connectivity index (χ1n) is 22.5. The van der Waals surface area contributed by atoms with Crippen LogP contribution in [0.1, 0.15) is 106 Å². The molecule has 4 aromatic carbocycles. The summed E-state index contributed by atoms with van der Waals surface area (Å²) < 4.78 is 9.90. The van der Waals surface area contributed by atoms with Crippen LogP contribution >= 0.6 is 0 Å². The van der Waals surface area contributed by atoms with E-state index in [2.05, 4.69) is 0 Å². The Morgan fingerprint density at radius 2 is 0.866 bits per heavy atom. The summed E-state index contributed by atoms with van der Waals surface area (Å²) >= 11 is 0. The summed E-state index contributed by atoms with van der Waals surface area (Å²) in [5.41, 5.74) is 3.37. The van der Waals surface area contributed by atoms with Crippen molar-refractivity contribution in [3.8, 4) is 0 Å². The van der Waals surface area contributed by atoms with Crippen LogP contribution in [0.3, 0.4) is 0 Å². The lowest BCUT2D eigenvalue weighted by atomic mass is 9.69. The van der Waals surface area contributed by atoms with E-state index in [1.807, 2.05) is 105 Å². The molecule has 4 aromatic rings. The van der Waals surface area contributed by atoms with Crippen molar-refractivity contribution in [2.45, 2.75) is 83.5 Å². The summed E-state index contributed by atoms with van der Waals surface area (Å²) in [6, 6.07) is 36.8. The van der Waals surface area contributed by atoms with Crippen molar-refractivity contribution in [2.75, 3.05) is 0 Å². The second-order valence-corrected chi connectivity index (χ2v) is 17.9. The quantitative estimate of drug-likeness (QED) is 0.0453. The number of carbonyl (C=O) groups excluding carboxylic acids is 4. The third-order valence-corrected chi connectivity index (χ3v) is 13.6. The lowest BCUT2D eigenvalue weighted by molar-refractivity contribution is -0.157. The number of hydrogen-bond acceptors (Lipinski definition) is 10. The van der Waals surface area contributed by atoms with E-state index in [0.717, 1.165) is 16.7 Å². The van der Waals surface area contributed by atoms with Crippen molar-refractivity contribution in [1.29, 1.82) is 0 Å². The first-order chi connectivity index (χ1) is 31.9. The molecule has 0 aliphatic carbocycles. The molecule has 0 amide bonds. The van der Waals surface area contributed by atoms with E-state index < -0.39 is 101 Å². The van der Waals surface area contributed by atoms with Crippen LogP contribution in [0, 0.1) is 47.3 Å². The van der Waals surface area contributed by atoms with Gasteiger partial charge in [0, 0.05) is 0 Å². The molecule has 0 spiro atoms. The monoisotopic (exact) mass is 918 g/mol. The lowest BCUT2D eigenvalue weighted by Gasteiger charge is -2.32. The summed E-state index contributed by atoms with van der Waals surface area (Å²) in [5, 5.41) is 39.4. The van der Waals surface area contributed by atoms with Gasteiger partial charge in [0.15, 0.2) is 0 Å². The smallest absolute Gasteiger partial charge is 0.317 e. The van der Waals surface area contributed by atoms with Crippen LogP contribution in [0.2, 0.25) is 0 Å². The van der Waals surface area contributed by atoms with Gasteiger partial charge in [-0.05, 0) is 78.0 Å². The number of carboxylic acid groups (broad SMARTS) is 4. The zero-order valence-electron chi connectivity index (χ0n) is 37.9. The van der Waals surface area contributed by atoms with Gasteiger partial charge in [-0.15, -0.1) is 0 Å². The van der Waals surface area contributed by atoms with Gasteiger partial charge in [0.25, 0.3) is 0 Å². The van der Waals surface area contributed by atoms with E-state index in [9.17, 15) is 58.8 Å². The molecule has 0 saturated carbocycles. The molecular weight excluding hydrogens is 861 g/mol. The minimum absolute atomic E-state index is 0.0197. The Balaban J connectivity index is 0.000000251. The molecule has 6 rings (SSSR count).